The van der Waals surface area contributed by atoms with Crippen LogP contribution in [0.4, 0.5) is 13.2 Å². The van der Waals surface area contributed by atoms with E-state index >= 15 is 0 Å². The molecule has 1 atom stereocenters. The van der Waals surface area contributed by atoms with Crippen molar-refractivity contribution in [2.75, 3.05) is 0 Å². The average molecular weight is 252 g/mol. The average Bonchev–Trinajstić information content (AvgIpc) is 2.36. The third kappa shape index (κ3) is 2.71. The fourth-order valence-corrected chi connectivity index (χ4v) is 1.72. The first-order chi connectivity index (χ1) is 8.58. The van der Waals surface area contributed by atoms with Gasteiger partial charge in [0.25, 0.3) is 0 Å². The number of benzene rings is 2. The second-order valence-corrected chi connectivity index (χ2v) is 4.00. The predicted molar refractivity (Wildman–Crippen MR) is 61.4 cm³/mol. The number of hydrogen-bond acceptors (Lipinski definition) is 1. The van der Waals surface area contributed by atoms with Gasteiger partial charge in [-0.25, -0.2) is 13.2 Å². The van der Waals surface area contributed by atoms with Crippen molar-refractivity contribution < 1.29 is 18.3 Å². The Hall–Kier alpha value is -1.81. The summed E-state index contributed by atoms with van der Waals surface area (Å²) in [6.45, 7) is 0. The van der Waals surface area contributed by atoms with Crippen molar-refractivity contribution in [2.24, 2.45) is 0 Å². The Bertz CT molecular complexity index is 517. The van der Waals surface area contributed by atoms with Gasteiger partial charge in [-0.1, -0.05) is 30.3 Å². The summed E-state index contributed by atoms with van der Waals surface area (Å²) in [5, 5.41) is 9.86. The zero-order valence-corrected chi connectivity index (χ0v) is 9.41. The van der Waals surface area contributed by atoms with E-state index in [-0.39, 0.29) is 12.0 Å². The van der Waals surface area contributed by atoms with Crippen LogP contribution in [0.15, 0.2) is 42.5 Å². The Morgan fingerprint density at radius 2 is 1.50 bits per heavy atom. The number of halogens is 3. The third-order valence-corrected chi connectivity index (χ3v) is 2.66. The molecule has 94 valence electrons. The van der Waals surface area contributed by atoms with Crippen LogP contribution in [0.1, 0.15) is 17.2 Å². The quantitative estimate of drug-likeness (QED) is 0.830. The lowest BCUT2D eigenvalue weighted by atomic mass is 10.0. The zero-order chi connectivity index (χ0) is 13.1. The Kier molecular flexibility index (Phi) is 3.67. The van der Waals surface area contributed by atoms with Gasteiger partial charge in [0.1, 0.15) is 0 Å². The molecule has 1 unspecified atom stereocenters. The number of rotatable bonds is 3. The lowest BCUT2D eigenvalue weighted by Gasteiger charge is -2.11. The molecule has 2 aromatic carbocycles. The first-order valence-corrected chi connectivity index (χ1v) is 5.44. The highest BCUT2D eigenvalue weighted by Crippen LogP contribution is 2.22. The molecule has 0 aliphatic heterocycles. The second-order valence-electron chi connectivity index (χ2n) is 4.00. The van der Waals surface area contributed by atoms with Crippen LogP contribution >= 0.6 is 0 Å². The first kappa shape index (κ1) is 12.6. The Labute approximate surface area is 103 Å². The van der Waals surface area contributed by atoms with Crippen molar-refractivity contribution >= 4 is 0 Å². The molecule has 1 N–H and O–H groups in total. The summed E-state index contributed by atoms with van der Waals surface area (Å²) in [4.78, 5) is 0. The molecule has 1 nitrogen and oxygen atoms in total. The summed E-state index contributed by atoms with van der Waals surface area (Å²) in [7, 11) is 0. The molecule has 0 fully saturated rings. The van der Waals surface area contributed by atoms with Crippen LogP contribution in [0.25, 0.3) is 0 Å². The van der Waals surface area contributed by atoms with Gasteiger partial charge < -0.3 is 5.11 Å². The molecule has 18 heavy (non-hydrogen) atoms. The van der Waals surface area contributed by atoms with E-state index in [1.807, 2.05) is 6.07 Å². The van der Waals surface area contributed by atoms with Gasteiger partial charge in [-0.15, -0.1) is 0 Å². The lowest BCUT2D eigenvalue weighted by Crippen LogP contribution is -2.04. The van der Waals surface area contributed by atoms with Crippen molar-refractivity contribution in [3.63, 3.8) is 0 Å². The van der Waals surface area contributed by atoms with E-state index in [9.17, 15) is 18.3 Å². The largest absolute Gasteiger partial charge is 0.388 e. The van der Waals surface area contributed by atoms with Gasteiger partial charge in [0.2, 0.25) is 0 Å². The van der Waals surface area contributed by atoms with E-state index in [2.05, 4.69) is 0 Å². The molecule has 2 rings (SSSR count). The Morgan fingerprint density at radius 3 is 2.06 bits per heavy atom. The molecule has 0 saturated carbocycles. The fourth-order valence-electron chi connectivity index (χ4n) is 1.72. The minimum absolute atomic E-state index is 0.0234. The fraction of sp³-hybridized carbons (Fsp3) is 0.143. The van der Waals surface area contributed by atoms with Crippen LogP contribution in [0.2, 0.25) is 0 Å². The van der Waals surface area contributed by atoms with Gasteiger partial charge in [-0.2, -0.15) is 0 Å². The van der Waals surface area contributed by atoms with Crippen LogP contribution < -0.4 is 0 Å². The molecule has 0 aromatic heterocycles. The van der Waals surface area contributed by atoms with Crippen LogP contribution in [-0.4, -0.2) is 5.11 Å². The molecule has 0 saturated heterocycles. The van der Waals surface area contributed by atoms with Crippen LogP contribution in [0.3, 0.4) is 0 Å². The van der Waals surface area contributed by atoms with Crippen LogP contribution in [0, 0.1) is 17.5 Å². The Morgan fingerprint density at radius 1 is 0.944 bits per heavy atom. The standard InChI is InChI=1S/C14H11F3O/c15-11-7-10(8-12(16)14(11)17)13(18)6-9-4-2-1-3-5-9/h1-5,7-8,13,18H,6H2. The highest BCUT2D eigenvalue weighted by atomic mass is 19.2. The number of aliphatic hydroxyl groups excluding tert-OH is 1. The van der Waals surface area contributed by atoms with E-state index in [4.69, 9.17) is 0 Å². The van der Waals surface area contributed by atoms with Gasteiger partial charge in [-0.05, 0) is 23.3 Å². The topological polar surface area (TPSA) is 20.2 Å². The van der Waals surface area contributed by atoms with Crippen LogP contribution in [0.5, 0.6) is 0 Å². The van der Waals surface area contributed by atoms with E-state index < -0.39 is 23.6 Å². The molecule has 0 bridgehead atoms. The molecule has 0 aliphatic rings. The molecular formula is C14H11F3O. The summed E-state index contributed by atoms with van der Waals surface area (Å²) < 4.78 is 38.8. The molecule has 0 amide bonds. The predicted octanol–water partition coefficient (Wildman–Crippen LogP) is 3.38. The molecule has 0 spiro atoms. The van der Waals surface area contributed by atoms with Crippen molar-refractivity contribution in [3.05, 3.63) is 71.0 Å². The first-order valence-electron chi connectivity index (χ1n) is 5.44. The lowest BCUT2D eigenvalue weighted by molar-refractivity contribution is 0.177. The van der Waals surface area contributed by atoms with Gasteiger partial charge in [0.15, 0.2) is 17.5 Å². The molecule has 4 heteroatoms. The molecule has 2 aromatic rings. The summed E-state index contributed by atoms with van der Waals surface area (Å²) in [6.07, 6.45) is -0.859. The number of aliphatic hydroxyl groups is 1. The molecule has 0 aliphatic carbocycles. The van der Waals surface area contributed by atoms with Crippen LogP contribution in [-0.2, 0) is 6.42 Å². The maximum Gasteiger partial charge on any atom is 0.194 e. The van der Waals surface area contributed by atoms with E-state index in [0.29, 0.717) is 0 Å². The zero-order valence-electron chi connectivity index (χ0n) is 9.41. The van der Waals surface area contributed by atoms with E-state index in [1.54, 1.807) is 24.3 Å². The highest BCUT2D eigenvalue weighted by Gasteiger charge is 2.15. The van der Waals surface area contributed by atoms with Gasteiger partial charge in [0.05, 0.1) is 6.10 Å². The SMILES string of the molecule is OC(Cc1ccccc1)c1cc(F)c(F)c(F)c1. The Balaban J connectivity index is 2.22. The molecule has 0 radical (unpaired) electrons. The minimum atomic E-state index is -1.52. The highest BCUT2D eigenvalue weighted by molar-refractivity contribution is 5.24. The van der Waals surface area contributed by atoms with Crippen molar-refractivity contribution in [2.45, 2.75) is 12.5 Å². The maximum absolute atomic E-state index is 13.0. The molecular weight excluding hydrogens is 241 g/mol. The number of hydrogen-bond donors (Lipinski definition) is 1. The van der Waals surface area contributed by atoms with Gasteiger partial charge >= 0.3 is 0 Å². The normalized spacial score (nSPS) is 12.4. The summed E-state index contributed by atoms with van der Waals surface area (Å²) in [5.74, 6) is -4.11. The monoisotopic (exact) mass is 252 g/mol. The summed E-state index contributed by atoms with van der Waals surface area (Å²) in [6, 6.07) is 10.6. The summed E-state index contributed by atoms with van der Waals surface area (Å²) in [5.41, 5.74) is 0.852. The third-order valence-electron chi connectivity index (χ3n) is 2.66. The second kappa shape index (κ2) is 5.23. The van der Waals surface area contributed by atoms with E-state index in [0.717, 1.165) is 17.7 Å². The molecule has 0 heterocycles. The summed E-state index contributed by atoms with van der Waals surface area (Å²) >= 11 is 0. The minimum Gasteiger partial charge on any atom is -0.388 e. The maximum atomic E-state index is 13.0. The van der Waals surface area contributed by atoms with Gasteiger partial charge in [0, 0.05) is 6.42 Å². The van der Waals surface area contributed by atoms with Gasteiger partial charge in [-0.3, -0.25) is 0 Å². The van der Waals surface area contributed by atoms with Crippen molar-refractivity contribution in [1.82, 2.24) is 0 Å². The van der Waals surface area contributed by atoms with E-state index in [1.165, 1.54) is 0 Å². The van der Waals surface area contributed by atoms with Crippen molar-refractivity contribution in [1.29, 1.82) is 0 Å². The van der Waals surface area contributed by atoms with Crippen molar-refractivity contribution in [3.8, 4) is 0 Å². The smallest absolute Gasteiger partial charge is 0.194 e.